The molecule has 0 bridgehead atoms. The highest BCUT2D eigenvalue weighted by Gasteiger charge is 2.30. The molecule has 0 radical (unpaired) electrons. The van der Waals surface area contributed by atoms with E-state index in [4.69, 9.17) is 9.47 Å². The van der Waals surface area contributed by atoms with Crippen molar-refractivity contribution >= 4 is 28.7 Å². The number of amides is 2. The zero-order chi connectivity index (χ0) is 21.8. The number of alkyl halides is 1. The fourth-order valence-corrected chi connectivity index (χ4v) is 3.44. The molecule has 0 N–H and O–H groups in total. The highest BCUT2D eigenvalue weighted by Crippen LogP contribution is 2.30. The number of pyridine rings is 2. The van der Waals surface area contributed by atoms with Crippen molar-refractivity contribution in [1.29, 1.82) is 0 Å². The zero-order valence-corrected chi connectivity index (χ0v) is 17.0. The molecule has 3 aromatic rings. The summed E-state index contributed by atoms with van der Waals surface area (Å²) in [5.41, 5.74) is 2.18. The molecular weight excluding hydrogens is 405 g/mol. The Morgan fingerprint density at radius 2 is 2.10 bits per heavy atom. The highest BCUT2D eigenvalue weighted by molar-refractivity contribution is 6.04. The van der Waals surface area contributed by atoms with Crippen LogP contribution in [-0.4, -0.2) is 64.4 Å². The number of rotatable bonds is 6. The molecule has 1 saturated heterocycles. The van der Waals surface area contributed by atoms with Gasteiger partial charge in [-0.1, -0.05) is 6.07 Å². The van der Waals surface area contributed by atoms with Crippen molar-refractivity contribution in [1.82, 2.24) is 19.4 Å². The summed E-state index contributed by atoms with van der Waals surface area (Å²) in [5.74, 6) is 0.212. The molecule has 1 fully saturated rings. The number of hydrogen-bond donors (Lipinski definition) is 0. The number of carbonyl (C=O) groups is 2. The van der Waals surface area contributed by atoms with Gasteiger partial charge in [0.25, 0.3) is 0 Å². The monoisotopic (exact) mass is 427 g/mol. The van der Waals surface area contributed by atoms with Gasteiger partial charge >= 0.3 is 6.09 Å². The van der Waals surface area contributed by atoms with E-state index in [9.17, 15) is 14.0 Å². The Morgan fingerprint density at radius 3 is 2.84 bits per heavy atom. The van der Waals surface area contributed by atoms with E-state index >= 15 is 0 Å². The molecule has 1 aliphatic rings. The van der Waals surface area contributed by atoms with Gasteiger partial charge in [0.1, 0.15) is 32.1 Å². The van der Waals surface area contributed by atoms with Crippen LogP contribution in [0.1, 0.15) is 5.69 Å². The first-order valence-electron chi connectivity index (χ1n) is 9.83. The van der Waals surface area contributed by atoms with Gasteiger partial charge in [-0.2, -0.15) is 4.98 Å². The summed E-state index contributed by atoms with van der Waals surface area (Å²) < 4.78 is 24.6. The molecule has 4 heterocycles. The van der Waals surface area contributed by atoms with Crippen LogP contribution in [0.15, 0.2) is 42.7 Å². The molecule has 31 heavy (non-hydrogen) atoms. The van der Waals surface area contributed by atoms with Crippen molar-refractivity contribution in [2.24, 2.45) is 7.05 Å². The number of piperazine rings is 1. The van der Waals surface area contributed by atoms with E-state index in [1.54, 1.807) is 17.2 Å². The van der Waals surface area contributed by atoms with Crippen LogP contribution in [-0.2, 0) is 23.2 Å². The summed E-state index contributed by atoms with van der Waals surface area (Å²) in [5, 5.41) is 0.800. The summed E-state index contributed by atoms with van der Waals surface area (Å²) in [6.45, 7) is -0.286. The van der Waals surface area contributed by atoms with Gasteiger partial charge < -0.3 is 18.9 Å². The summed E-state index contributed by atoms with van der Waals surface area (Å²) in [7, 11) is 1.84. The normalized spacial score (nSPS) is 14.2. The van der Waals surface area contributed by atoms with Crippen molar-refractivity contribution in [2.75, 3.05) is 37.8 Å². The molecule has 3 aromatic heterocycles. The average molecular weight is 427 g/mol. The topological polar surface area (TPSA) is 89.8 Å². The third-order valence-electron chi connectivity index (χ3n) is 4.94. The predicted octanol–water partition coefficient (Wildman–Crippen LogP) is 2.30. The number of aryl methyl sites for hydroxylation is 1. The number of anilines is 1. The Balaban J connectivity index is 1.48. The summed E-state index contributed by atoms with van der Waals surface area (Å²) >= 11 is 0. The zero-order valence-electron chi connectivity index (χ0n) is 17.0. The maximum atomic E-state index is 12.7. The third kappa shape index (κ3) is 4.42. The second-order valence-corrected chi connectivity index (χ2v) is 7.03. The molecule has 0 saturated carbocycles. The summed E-state index contributed by atoms with van der Waals surface area (Å²) in [4.78, 5) is 36.3. The fourth-order valence-electron chi connectivity index (χ4n) is 3.44. The maximum Gasteiger partial charge on any atom is 0.410 e. The molecule has 0 aliphatic carbocycles. The predicted molar refractivity (Wildman–Crippen MR) is 111 cm³/mol. The molecule has 0 aromatic carbocycles. The largest absolute Gasteiger partial charge is 0.471 e. The first-order valence-corrected chi connectivity index (χ1v) is 9.83. The lowest BCUT2D eigenvalue weighted by molar-refractivity contribution is -0.120. The third-order valence-corrected chi connectivity index (χ3v) is 4.94. The van der Waals surface area contributed by atoms with Crippen molar-refractivity contribution in [2.45, 2.75) is 6.61 Å². The number of hydrogen-bond acceptors (Lipinski definition) is 6. The Kier molecular flexibility index (Phi) is 5.96. The Hall–Kier alpha value is -3.69. The van der Waals surface area contributed by atoms with Crippen LogP contribution >= 0.6 is 0 Å². The second kappa shape index (κ2) is 8.99. The highest BCUT2D eigenvalue weighted by atomic mass is 19.1. The van der Waals surface area contributed by atoms with Gasteiger partial charge in [0.15, 0.2) is 0 Å². The van der Waals surface area contributed by atoms with Gasteiger partial charge in [-0.05, 0) is 18.2 Å². The summed E-state index contributed by atoms with van der Waals surface area (Å²) in [6.07, 6.45) is 2.85. The molecule has 1 aliphatic heterocycles. The molecule has 0 spiro atoms. The molecule has 4 rings (SSSR count). The Labute approximate surface area is 178 Å². The fraction of sp³-hybridized carbons (Fsp3) is 0.333. The van der Waals surface area contributed by atoms with Crippen molar-refractivity contribution in [3.05, 3.63) is 48.4 Å². The van der Waals surface area contributed by atoms with Crippen LogP contribution in [0.5, 0.6) is 5.88 Å². The first kappa shape index (κ1) is 20.6. The van der Waals surface area contributed by atoms with Crippen molar-refractivity contribution in [3.8, 4) is 5.88 Å². The minimum absolute atomic E-state index is 0.125. The maximum absolute atomic E-state index is 12.7. The lowest BCUT2D eigenvalue weighted by Crippen LogP contribution is -2.52. The van der Waals surface area contributed by atoms with Crippen LogP contribution in [0.2, 0.25) is 0 Å². The minimum atomic E-state index is -0.754. The van der Waals surface area contributed by atoms with Crippen LogP contribution in [0.3, 0.4) is 0 Å². The quantitative estimate of drug-likeness (QED) is 0.600. The molecule has 162 valence electrons. The van der Waals surface area contributed by atoms with Gasteiger partial charge in [-0.15, -0.1) is 0 Å². The molecule has 0 atom stereocenters. The molecule has 0 unspecified atom stereocenters. The van der Waals surface area contributed by atoms with Crippen LogP contribution in [0, 0.1) is 0 Å². The SMILES string of the molecule is Cn1cc(N2CCN(C(=O)OCCF)CC2=O)c2ccc(OCc3ccccn3)nc21. The smallest absolute Gasteiger partial charge is 0.410 e. The average Bonchev–Trinajstić information content (AvgIpc) is 3.12. The minimum Gasteiger partial charge on any atom is -0.471 e. The first-order chi connectivity index (χ1) is 15.1. The van der Waals surface area contributed by atoms with Gasteiger partial charge in [-0.25, -0.2) is 9.18 Å². The molecule has 9 nitrogen and oxygen atoms in total. The van der Waals surface area contributed by atoms with Gasteiger partial charge in [0.05, 0.1) is 11.4 Å². The van der Waals surface area contributed by atoms with Gasteiger partial charge in [0, 0.05) is 44.0 Å². The Bertz CT molecular complexity index is 1090. The number of fused-ring (bicyclic) bond motifs is 1. The number of carbonyl (C=O) groups excluding carboxylic acids is 2. The lowest BCUT2D eigenvalue weighted by atomic mass is 10.2. The van der Waals surface area contributed by atoms with Gasteiger partial charge in [-0.3, -0.25) is 14.7 Å². The summed E-state index contributed by atoms with van der Waals surface area (Å²) in [6, 6.07) is 9.22. The molecule has 2 amide bonds. The van der Waals surface area contributed by atoms with Gasteiger partial charge in [0.2, 0.25) is 11.8 Å². The van der Waals surface area contributed by atoms with Crippen LogP contribution in [0.4, 0.5) is 14.9 Å². The number of aromatic nitrogens is 3. The number of nitrogens with zero attached hydrogens (tertiary/aromatic N) is 5. The van der Waals surface area contributed by atoms with E-state index in [0.29, 0.717) is 36.9 Å². The number of halogens is 1. The van der Waals surface area contributed by atoms with Crippen molar-refractivity contribution in [3.63, 3.8) is 0 Å². The second-order valence-electron chi connectivity index (χ2n) is 7.03. The van der Waals surface area contributed by atoms with E-state index in [1.165, 1.54) is 4.90 Å². The van der Waals surface area contributed by atoms with Crippen LogP contribution < -0.4 is 9.64 Å². The molecular formula is C21H22FN5O4. The standard InChI is InChI=1S/C21H22FN5O4/c1-25-12-17(27-10-9-26(13-19(27)28)21(29)30-11-7-22)16-5-6-18(24-20(16)25)31-14-15-4-2-3-8-23-15/h2-6,8,12H,7,9-11,13-14H2,1H3. The van der Waals surface area contributed by atoms with E-state index in [1.807, 2.05) is 42.1 Å². The van der Waals surface area contributed by atoms with E-state index < -0.39 is 12.8 Å². The van der Waals surface area contributed by atoms with E-state index in [0.717, 1.165) is 11.1 Å². The molecule has 10 heteroatoms. The van der Waals surface area contributed by atoms with Crippen molar-refractivity contribution < 1.29 is 23.5 Å². The van der Waals surface area contributed by atoms with E-state index in [2.05, 4.69) is 9.97 Å². The lowest BCUT2D eigenvalue weighted by Gasteiger charge is -2.33. The van der Waals surface area contributed by atoms with E-state index in [-0.39, 0.29) is 19.1 Å². The Morgan fingerprint density at radius 1 is 1.23 bits per heavy atom. The van der Waals surface area contributed by atoms with Crippen LogP contribution in [0.25, 0.3) is 11.0 Å². The number of ether oxygens (including phenoxy) is 2.